The summed E-state index contributed by atoms with van der Waals surface area (Å²) in [6.07, 6.45) is 1.19. The summed E-state index contributed by atoms with van der Waals surface area (Å²) in [4.78, 5) is 14.5. The lowest BCUT2D eigenvalue weighted by Gasteiger charge is -2.29. The highest BCUT2D eigenvalue weighted by atomic mass is 16.3. The summed E-state index contributed by atoms with van der Waals surface area (Å²) in [5.41, 5.74) is -0.728. The van der Waals surface area contributed by atoms with Crippen LogP contribution in [0.15, 0.2) is 30.3 Å². The van der Waals surface area contributed by atoms with Gasteiger partial charge in [-0.2, -0.15) is 0 Å². The van der Waals surface area contributed by atoms with E-state index < -0.39 is 5.60 Å². The Hall–Kier alpha value is -1.63. The van der Waals surface area contributed by atoms with Crippen LogP contribution in [0.4, 0.5) is 0 Å². The Labute approximate surface area is 134 Å². The van der Waals surface area contributed by atoms with E-state index in [0.717, 1.165) is 0 Å². The summed E-state index contributed by atoms with van der Waals surface area (Å²) in [5, 5.41) is 11.0. The van der Waals surface area contributed by atoms with Gasteiger partial charge in [-0.3, -0.25) is 9.69 Å². The van der Waals surface area contributed by atoms with Crippen LogP contribution in [-0.2, 0) is 10.4 Å². The lowest BCUT2D eigenvalue weighted by atomic mass is 9.81. The topological polar surface area (TPSA) is 40.5 Å². The number of benzene rings is 1. The van der Waals surface area contributed by atoms with Crippen molar-refractivity contribution >= 4 is 5.78 Å². The summed E-state index contributed by atoms with van der Waals surface area (Å²) in [6.45, 7) is 4.71. The highest BCUT2D eigenvalue weighted by molar-refractivity contribution is 5.88. The molecule has 0 aliphatic carbocycles. The Balaban J connectivity index is 2.79. The van der Waals surface area contributed by atoms with E-state index in [1.54, 1.807) is 0 Å². The molecule has 0 amide bonds. The molecule has 0 aromatic heterocycles. The van der Waals surface area contributed by atoms with Crippen LogP contribution >= 0.6 is 0 Å². The maximum absolute atomic E-state index is 12.6. The molecule has 0 aliphatic heterocycles. The van der Waals surface area contributed by atoms with Gasteiger partial charge in [0.2, 0.25) is 0 Å². The highest BCUT2D eigenvalue weighted by Gasteiger charge is 2.37. The predicted molar refractivity (Wildman–Crippen MR) is 90.4 cm³/mol. The molecule has 1 aromatic rings. The molecule has 1 aromatic carbocycles. The molecule has 1 atom stereocenters. The van der Waals surface area contributed by atoms with Crippen molar-refractivity contribution in [3.05, 3.63) is 35.9 Å². The maximum Gasteiger partial charge on any atom is 0.169 e. The minimum Gasteiger partial charge on any atom is -0.377 e. The molecule has 0 heterocycles. The summed E-state index contributed by atoms with van der Waals surface area (Å²) < 4.78 is 0. The van der Waals surface area contributed by atoms with Gasteiger partial charge in [0.15, 0.2) is 5.78 Å². The first kappa shape index (κ1) is 18.4. The maximum atomic E-state index is 12.6. The second-order valence-corrected chi connectivity index (χ2v) is 6.34. The normalized spacial score (nSPS) is 13.6. The molecular formula is C19H27NO2. The van der Waals surface area contributed by atoms with E-state index in [-0.39, 0.29) is 18.1 Å². The zero-order valence-corrected chi connectivity index (χ0v) is 14.1. The molecule has 0 spiro atoms. The van der Waals surface area contributed by atoms with Gasteiger partial charge in [-0.1, -0.05) is 50.1 Å². The first-order valence-corrected chi connectivity index (χ1v) is 7.78. The molecule has 0 aliphatic rings. The van der Waals surface area contributed by atoms with Gasteiger partial charge in [-0.25, -0.2) is 0 Å². The van der Waals surface area contributed by atoms with E-state index >= 15 is 0 Å². The molecule has 0 radical (unpaired) electrons. The summed E-state index contributed by atoms with van der Waals surface area (Å²) >= 11 is 0. The number of carbonyl (C=O) groups is 1. The molecule has 0 saturated heterocycles. The lowest BCUT2D eigenvalue weighted by molar-refractivity contribution is -0.140. The van der Waals surface area contributed by atoms with Crippen molar-refractivity contribution in [2.45, 2.75) is 38.7 Å². The number of nitrogens with zero attached hydrogens (tertiary/aromatic N) is 1. The van der Waals surface area contributed by atoms with Crippen LogP contribution in [0, 0.1) is 17.8 Å². The fourth-order valence-corrected chi connectivity index (χ4v) is 2.38. The van der Waals surface area contributed by atoms with E-state index in [2.05, 4.69) is 11.8 Å². The molecule has 0 bridgehead atoms. The number of rotatable bonds is 7. The van der Waals surface area contributed by atoms with E-state index in [1.807, 2.05) is 63.2 Å². The minimum absolute atomic E-state index is 0.147. The Morgan fingerprint density at radius 3 is 2.41 bits per heavy atom. The van der Waals surface area contributed by atoms with Crippen molar-refractivity contribution in [3.63, 3.8) is 0 Å². The van der Waals surface area contributed by atoms with Crippen LogP contribution in [0.2, 0.25) is 0 Å². The molecule has 0 fully saturated rings. The smallest absolute Gasteiger partial charge is 0.169 e. The third-order valence-electron chi connectivity index (χ3n) is 3.41. The van der Waals surface area contributed by atoms with Crippen molar-refractivity contribution in [3.8, 4) is 11.8 Å². The van der Waals surface area contributed by atoms with Gasteiger partial charge in [-0.15, -0.1) is 5.92 Å². The van der Waals surface area contributed by atoms with Crippen molar-refractivity contribution in [2.75, 3.05) is 20.6 Å². The van der Waals surface area contributed by atoms with Crippen LogP contribution in [0.3, 0.4) is 0 Å². The van der Waals surface area contributed by atoms with E-state index in [4.69, 9.17) is 0 Å². The van der Waals surface area contributed by atoms with Crippen molar-refractivity contribution < 1.29 is 9.90 Å². The van der Waals surface area contributed by atoms with Gasteiger partial charge in [0.25, 0.3) is 0 Å². The van der Waals surface area contributed by atoms with Gasteiger partial charge in [-0.05, 0) is 32.0 Å². The molecule has 3 heteroatoms. The Bertz CT molecular complexity index is 525. The Morgan fingerprint density at radius 1 is 1.23 bits per heavy atom. The highest BCUT2D eigenvalue weighted by Crippen LogP contribution is 2.31. The zero-order valence-electron chi connectivity index (χ0n) is 14.1. The van der Waals surface area contributed by atoms with Crippen molar-refractivity contribution in [2.24, 2.45) is 5.92 Å². The number of Topliss-reactive ketones (excluding diaryl/α,β-unsaturated/α-hetero) is 1. The van der Waals surface area contributed by atoms with Gasteiger partial charge >= 0.3 is 0 Å². The standard InChI is InChI=1S/C19H27NO2/c1-16(2)15-19(22,17-11-7-5-8-12-17)18(21)13-9-6-10-14-20(3)4/h5,7-8,11-12,16,22H,9,13-15H2,1-4H3/t19-/m1/s1. The summed E-state index contributed by atoms with van der Waals surface area (Å²) in [6, 6.07) is 9.22. The van der Waals surface area contributed by atoms with Crippen LogP contribution in [0.1, 0.15) is 38.7 Å². The average molecular weight is 301 g/mol. The summed E-state index contributed by atoms with van der Waals surface area (Å²) in [7, 11) is 3.91. The lowest BCUT2D eigenvalue weighted by Crippen LogP contribution is -2.37. The second kappa shape index (κ2) is 8.73. The molecule has 0 unspecified atom stereocenters. The van der Waals surface area contributed by atoms with Crippen LogP contribution in [0.5, 0.6) is 0 Å². The van der Waals surface area contributed by atoms with Crippen molar-refractivity contribution in [1.29, 1.82) is 0 Å². The molecule has 22 heavy (non-hydrogen) atoms. The third-order valence-corrected chi connectivity index (χ3v) is 3.41. The third kappa shape index (κ3) is 5.63. The van der Waals surface area contributed by atoms with Crippen LogP contribution in [0.25, 0.3) is 0 Å². The summed E-state index contributed by atoms with van der Waals surface area (Å²) in [5.74, 6) is 6.10. The van der Waals surface area contributed by atoms with Gasteiger partial charge in [0.1, 0.15) is 5.60 Å². The number of aliphatic hydroxyl groups is 1. The Kier molecular flexibility index (Phi) is 7.31. The molecular weight excluding hydrogens is 274 g/mol. The molecule has 3 nitrogen and oxygen atoms in total. The van der Waals surface area contributed by atoms with Crippen LogP contribution < -0.4 is 0 Å². The zero-order chi connectivity index (χ0) is 16.6. The monoisotopic (exact) mass is 301 g/mol. The molecule has 0 saturated carbocycles. The first-order valence-electron chi connectivity index (χ1n) is 7.78. The predicted octanol–water partition coefficient (Wildman–Crippen LogP) is 2.83. The molecule has 120 valence electrons. The fraction of sp³-hybridized carbons (Fsp3) is 0.526. The number of carbonyl (C=O) groups excluding carboxylic acids is 1. The molecule has 1 rings (SSSR count). The fourth-order valence-electron chi connectivity index (χ4n) is 2.38. The number of hydrogen-bond donors (Lipinski definition) is 1. The van der Waals surface area contributed by atoms with Gasteiger partial charge < -0.3 is 5.11 Å². The largest absolute Gasteiger partial charge is 0.377 e. The Morgan fingerprint density at radius 2 is 1.86 bits per heavy atom. The number of hydrogen-bond acceptors (Lipinski definition) is 3. The van der Waals surface area contributed by atoms with E-state index in [0.29, 0.717) is 24.9 Å². The molecule has 1 N–H and O–H groups in total. The quantitative estimate of drug-likeness (QED) is 0.787. The first-order chi connectivity index (χ1) is 10.4. The van der Waals surface area contributed by atoms with Crippen LogP contribution in [-0.4, -0.2) is 36.4 Å². The van der Waals surface area contributed by atoms with E-state index in [9.17, 15) is 9.90 Å². The van der Waals surface area contributed by atoms with E-state index in [1.165, 1.54) is 0 Å². The van der Waals surface area contributed by atoms with Gasteiger partial charge in [0, 0.05) is 12.8 Å². The SMILES string of the molecule is CC(C)C[C@](O)(C(=O)CCC#CCN(C)C)c1ccccc1. The minimum atomic E-state index is -1.40. The second-order valence-electron chi connectivity index (χ2n) is 6.34. The van der Waals surface area contributed by atoms with Crippen molar-refractivity contribution in [1.82, 2.24) is 4.90 Å². The average Bonchev–Trinajstić information content (AvgIpc) is 2.46. The van der Waals surface area contributed by atoms with Gasteiger partial charge in [0.05, 0.1) is 6.54 Å². The number of ketones is 1.